The van der Waals surface area contributed by atoms with Crippen molar-refractivity contribution < 1.29 is 4.74 Å². The number of aromatic amines is 1. The molecule has 4 rings (SSSR count). The van der Waals surface area contributed by atoms with Crippen LogP contribution in [0.25, 0.3) is 10.9 Å². The van der Waals surface area contributed by atoms with Gasteiger partial charge in [0.25, 0.3) is 5.56 Å². The topological polar surface area (TPSA) is 92.8 Å². The Bertz CT molecular complexity index is 920. The third-order valence-electron chi connectivity index (χ3n) is 3.91. The Labute approximate surface area is 152 Å². The van der Waals surface area contributed by atoms with Crippen LogP contribution in [0.2, 0.25) is 0 Å². The first kappa shape index (κ1) is 16.5. The van der Waals surface area contributed by atoms with Gasteiger partial charge in [-0.25, -0.2) is 4.98 Å². The lowest BCUT2D eigenvalue weighted by Crippen LogP contribution is -2.18. The van der Waals surface area contributed by atoms with Crippen LogP contribution in [0, 0.1) is 0 Å². The van der Waals surface area contributed by atoms with Crippen molar-refractivity contribution in [3.8, 4) is 0 Å². The molecule has 9 heteroatoms. The summed E-state index contributed by atoms with van der Waals surface area (Å²) >= 11 is 3.01. The lowest BCUT2D eigenvalue weighted by Gasteiger charge is -2.08. The summed E-state index contributed by atoms with van der Waals surface area (Å²) in [6, 6.07) is 7.33. The van der Waals surface area contributed by atoms with Gasteiger partial charge in [0.15, 0.2) is 4.34 Å². The number of benzene rings is 1. The van der Waals surface area contributed by atoms with E-state index < -0.39 is 0 Å². The average molecular weight is 375 g/mol. The van der Waals surface area contributed by atoms with Gasteiger partial charge in [-0.05, 0) is 25.0 Å². The molecule has 1 aliphatic rings. The predicted octanol–water partition coefficient (Wildman–Crippen LogP) is 2.66. The first-order valence-corrected chi connectivity index (χ1v) is 9.88. The van der Waals surface area contributed by atoms with Crippen LogP contribution in [0.5, 0.6) is 0 Å². The number of ether oxygens (including phenoxy) is 1. The molecule has 0 unspecified atom stereocenters. The molecule has 1 saturated heterocycles. The number of hydrogen-bond donors (Lipinski definition) is 2. The van der Waals surface area contributed by atoms with Gasteiger partial charge in [-0.1, -0.05) is 35.2 Å². The van der Waals surface area contributed by atoms with Crippen LogP contribution in [0.1, 0.15) is 18.7 Å². The number of nitrogens with zero attached hydrogens (tertiary/aromatic N) is 3. The molecule has 3 aromatic rings. The Morgan fingerprint density at radius 3 is 3.16 bits per heavy atom. The van der Waals surface area contributed by atoms with Crippen molar-refractivity contribution in [2.45, 2.75) is 29.0 Å². The summed E-state index contributed by atoms with van der Waals surface area (Å²) in [6.07, 6.45) is 2.49. The molecule has 25 heavy (non-hydrogen) atoms. The van der Waals surface area contributed by atoms with E-state index in [4.69, 9.17) is 4.74 Å². The van der Waals surface area contributed by atoms with Gasteiger partial charge in [0.1, 0.15) is 5.82 Å². The molecule has 1 aliphatic heterocycles. The highest BCUT2D eigenvalue weighted by molar-refractivity contribution is 8.00. The Hall–Kier alpha value is -1.97. The maximum Gasteiger partial charge on any atom is 0.258 e. The summed E-state index contributed by atoms with van der Waals surface area (Å²) in [5.74, 6) is 1.18. The summed E-state index contributed by atoms with van der Waals surface area (Å²) < 4.78 is 6.42. The fourth-order valence-corrected chi connectivity index (χ4v) is 4.31. The lowest BCUT2D eigenvalue weighted by atomic mass is 10.2. The van der Waals surface area contributed by atoms with Gasteiger partial charge >= 0.3 is 0 Å². The number of H-pyrrole nitrogens is 1. The number of para-hydroxylation sites is 1. The number of nitrogens with one attached hydrogen (secondary N) is 2. The number of fused-ring (bicyclic) bond motifs is 1. The minimum atomic E-state index is -0.114. The second kappa shape index (κ2) is 7.51. The van der Waals surface area contributed by atoms with Crippen LogP contribution in [0.4, 0.5) is 5.13 Å². The lowest BCUT2D eigenvalue weighted by molar-refractivity contribution is 0.120. The molecule has 1 fully saturated rings. The third-order valence-corrected chi connectivity index (χ3v) is 5.93. The Morgan fingerprint density at radius 1 is 1.36 bits per heavy atom. The van der Waals surface area contributed by atoms with Crippen molar-refractivity contribution in [1.82, 2.24) is 20.2 Å². The number of aromatic nitrogens is 4. The van der Waals surface area contributed by atoms with E-state index in [0.29, 0.717) is 22.5 Å². The average Bonchev–Trinajstić information content (AvgIpc) is 3.30. The number of thioether (sulfide) groups is 1. The zero-order chi connectivity index (χ0) is 17.1. The number of rotatable bonds is 6. The van der Waals surface area contributed by atoms with Gasteiger partial charge in [0.05, 0.1) is 22.8 Å². The maximum absolute atomic E-state index is 12.1. The van der Waals surface area contributed by atoms with Crippen molar-refractivity contribution in [1.29, 1.82) is 0 Å². The van der Waals surface area contributed by atoms with Crippen LogP contribution < -0.4 is 10.9 Å². The van der Waals surface area contributed by atoms with E-state index in [-0.39, 0.29) is 11.7 Å². The quantitative estimate of drug-likeness (QED) is 0.640. The molecule has 0 saturated carbocycles. The fourth-order valence-electron chi connectivity index (χ4n) is 2.68. The second-order valence-corrected chi connectivity index (χ2v) is 7.91. The molecule has 2 aromatic heterocycles. The zero-order valence-electron chi connectivity index (χ0n) is 13.4. The van der Waals surface area contributed by atoms with Gasteiger partial charge in [-0.15, -0.1) is 10.2 Å². The van der Waals surface area contributed by atoms with Gasteiger partial charge in [0, 0.05) is 13.2 Å². The van der Waals surface area contributed by atoms with E-state index in [2.05, 4.69) is 25.5 Å². The van der Waals surface area contributed by atoms with E-state index in [9.17, 15) is 4.79 Å². The van der Waals surface area contributed by atoms with E-state index in [1.807, 2.05) is 18.2 Å². The molecule has 7 nitrogen and oxygen atoms in total. The van der Waals surface area contributed by atoms with Gasteiger partial charge in [0.2, 0.25) is 5.13 Å². The van der Waals surface area contributed by atoms with E-state index in [1.54, 1.807) is 6.07 Å². The number of hydrogen-bond acceptors (Lipinski definition) is 8. The van der Waals surface area contributed by atoms with Gasteiger partial charge in [-0.2, -0.15) is 0 Å². The second-order valence-electron chi connectivity index (χ2n) is 5.71. The van der Waals surface area contributed by atoms with E-state index >= 15 is 0 Å². The molecule has 0 amide bonds. The van der Waals surface area contributed by atoms with Crippen molar-refractivity contribution in [3.05, 3.63) is 40.4 Å². The first-order chi connectivity index (χ1) is 12.3. The molecule has 0 radical (unpaired) electrons. The molecule has 0 spiro atoms. The summed E-state index contributed by atoms with van der Waals surface area (Å²) in [7, 11) is 0. The zero-order valence-corrected chi connectivity index (χ0v) is 15.0. The predicted molar refractivity (Wildman–Crippen MR) is 99.3 cm³/mol. The Balaban J connectivity index is 1.37. The largest absolute Gasteiger partial charge is 0.376 e. The Kier molecular flexibility index (Phi) is 4.95. The van der Waals surface area contributed by atoms with Crippen molar-refractivity contribution >= 4 is 39.1 Å². The van der Waals surface area contributed by atoms with Crippen LogP contribution in [0.3, 0.4) is 0 Å². The van der Waals surface area contributed by atoms with E-state index in [0.717, 1.165) is 35.5 Å². The molecule has 2 N–H and O–H groups in total. The molecule has 130 valence electrons. The minimum absolute atomic E-state index is 0.114. The molecular formula is C16H17N5O2S2. The monoisotopic (exact) mass is 375 g/mol. The summed E-state index contributed by atoms with van der Waals surface area (Å²) in [5, 5.41) is 13.0. The SMILES string of the molecule is O=c1[nH]c(CSc2nnc(NC[C@H]3CCCO3)s2)nc2ccccc12. The highest BCUT2D eigenvalue weighted by atomic mass is 32.2. The highest BCUT2D eigenvalue weighted by Gasteiger charge is 2.16. The smallest absolute Gasteiger partial charge is 0.258 e. The fraction of sp³-hybridized carbons (Fsp3) is 0.375. The molecule has 3 heterocycles. The van der Waals surface area contributed by atoms with Crippen LogP contribution >= 0.6 is 23.1 Å². The van der Waals surface area contributed by atoms with Crippen LogP contribution in [-0.4, -0.2) is 39.4 Å². The molecule has 1 aromatic carbocycles. The third kappa shape index (κ3) is 4.00. The van der Waals surface area contributed by atoms with E-state index in [1.165, 1.54) is 23.1 Å². The Morgan fingerprint density at radius 2 is 2.28 bits per heavy atom. The van der Waals surface area contributed by atoms with Gasteiger partial charge in [-0.3, -0.25) is 4.79 Å². The van der Waals surface area contributed by atoms with Crippen molar-refractivity contribution in [2.24, 2.45) is 0 Å². The minimum Gasteiger partial charge on any atom is -0.376 e. The summed E-state index contributed by atoms with van der Waals surface area (Å²) in [4.78, 5) is 19.4. The van der Waals surface area contributed by atoms with Crippen LogP contribution in [-0.2, 0) is 10.5 Å². The van der Waals surface area contributed by atoms with Crippen molar-refractivity contribution in [2.75, 3.05) is 18.5 Å². The molecule has 0 bridgehead atoms. The highest BCUT2D eigenvalue weighted by Crippen LogP contribution is 2.27. The molecule has 1 atom stereocenters. The molecule has 0 aliphatic carbocycles. The summed E-state index contributed by atoms with van der Waals surface area (Å²) in [6.45, 7) is 1.61. The summed E-state index contributed by atoms with van der Waals surface area (Å²) in [5.41, 5.74) is 0.593. The standard InChI is InChI=1S/C16H17N5O2S2/c22-14-11-5-1-2-6-12(11)18-13(19-14)9-24-16-21-20-15(25-16)17-8-10-4-3-7-23-10/h1-2,5-6,10H,3-4,7-9H2,(H,17,20)(H,18,19,22)/t10-/m1/s1. The first-order valence-electron chi connectivity index (χ1n) is 8.07. The van der Waals surface area contributed by atoms with Gasteiger partial charge < -0.3 is 15.0 Å². The maximum atomic E-state index is 12.1. The normalized spacial score (nSPS) is 17.2. The molecular weight excluding hydrogens is 358 g/mol. The van der Waals surface area contributed by atoms with Crippen molar-refractivity contribution in [3.63, 3.8) is 0 Å². The number of anilines is 1. The van der Waals surface area contributed by atoms with Crippen LogP contribution in [0.15, 0.2) is 33.4 Å².